The zero-order valence-corrected chi connectivity index (χ0v) is 24.5. The van der Waals surface area contributed by atoms with E-state index >= 15 is 0 Å². The number of aryl methyl sites for hydroxylation is 2. The number of nitrogens with one attached hydrogen (secondary N) is 1. The number of fused-ring (bicyclic) bond motifs is 1. The molecule has 0 aliphatic carbocycles. The molecule has 1 N–H and O–H groups in total. The van der Waals surface area contributed by atoms with E-state index in [-0.39, 0.29) is 34.8 Å². The first-order valence-electron chi connectivity index (χ1n) is 13.5. The molecular weight excluding hydrogens is 518 g/mol. The molecule has 5 rings (SSSR count). The topological polar surface area (TPSA) is 80.1 Å². The van der Waals surface area contributed by atoms with Gasteiger partial charge in [0.05, 0.1) is 22.4 Å². The SMILES string of the molecule is Cc1cccc(C2SCC(=O)N(CC(=O)NCc3cccnc3)c3c2c(C(C)(C)C)nn3-c2cccc(C)c2)c1. The number of carbonyl (C=O) groups is 2. The fraction of sp³-hybridized carbons (Fsp3) is 0.312. The number of hydrogen-bond donors (Lipinski definition) is 1. The fourth-order valence-electron chi connectivity index (χ4n) is 5.01. The van der Waals surface area contributed by atoms with Crippen LogP contribution in [-0.4, -0.2) is 38.9 Å². The lowest BCUT2D eigenvalue weighted by Crippen LogP contribution is -2.42. The number of hydrogen-bond acceptors (Lipinski definition) is 5. The third-order valence-corrected chi connectivity index (χ3v) is 8.16. The lowest BCUT2D eigenvalue weighted by molar-refractivity contribution is -0.123. The lowest BCUT2D eigenvalue weighted by atomic mass is 9.87. The normalized spacial score (nSPS) is 15.5. The molecule has 4 aromatic rings. The summed E-state index contributed by atoms with van der Waals surface area (Å²) in [4.78, 5) is 32.9. The van der Waals surface area contributed by atoms with Gasteiger partial charge in [-0.05, 0) is 48.7 Å². The second kappa shape index (κ2) is 11.3. The molecule has 206 valence electrons. The monoisotopic (exact) mass is 553 g/mol. The first kappa shape index (κ1) is 27.6. The molecule has 2 amide bonds. The van der Waals surface area contributed by atoms with Gasteiger partial charge in [-0.25, -0.2) is 4.68 Å². The average molecular weight is 554 g/mol. The van der Waals surface area contributed by atoms with Crippen LogP contribution in [0.3, 0.4) is 0 Å². The van der Waals surface area contributed by atoms with Crippen molar-refractivity contribution in [2.45, 2.75) is 51.8 Å². The molecule has 2 aromatic heterocycles. The van der Waals surface area contributed by atoms with Crippen LogP contribution >= 0.6 is 11.8 Å². The Morgan fingerprint density at radius 2 is 1.80 bits per heavy atom. The molecule has 2 aromatic carbocycles. The van der Waals surface area contributed by atoms with Crippen molar-refractivity contribution in [3.8, 4) is 5.69 Å². The van der Waals surface area contributed by atoms with Crippen LogP contribution in [0.1, 0.15) is 59.5 Å². The number of pyridine rings is 1. The Labute approximate surface area is 240 Å². The van der Waals surface area contributed by atoms with E-state index in [4.69, 9.17) is 5.10 Å². The summed E-state index contributed by atoms with van der Waals surface area (Å²) in [6.07, 6.45) is 3.42. The summed E-state index contributed by atoms with van der Waals surface area (Å²) < 4.78 is 1.86. The quantitative estimate of drug-likeness (QED) is 0.333. The van der Waals surface area contributed by atoms with E-state index in [0.717, 1.165) is 39.2 Å². The first-order valence-corrected chi connectivity index (χ1v) is 14.5. The Bertz CT molecular complexity index is 1540. The molecule has 0 saturated heterocycles. The van der Waals surface area contributed by atoms with E-state index in [1.54, 1.807) is 29.1 Å². The molecule has 0 fully saturated rings. The van der Waals surface area contributed by atoms with Crippen LogP contribution in [0.2, 0.25) is 0 Å². The smallest absolute Gasteiger partial charge is 0.240 e. The van der Waals surface area contributed by atoms with Crippen molar-refractivity contribution in [3.05, 3.63) is 107 Å². The predicted octanol–water partition coefficient (Wildman–Crippen LogP) is 5.67. The highest BCUT2D eigenvalue weighted by atomic mass is 32.2. The van der Waals surface area contributed by atoms with Crippen molar-refractivity contribution in [2.24, 2.45) is 0 Å². The average Bonchev–Trinajstić information content (AvgIpc) is 3.26. The molecule has 1 atom stereocenters. The molecule has 0 radical (unpaired) electrons. The highest BCUT2D eigenvalue weighted by molar-refractivity contribution is 8.00. The molecule has 3 heterocycles. The maximum Gasteiger partial charge on any atom is 0.240 e. The molecule has 0 spiro atoms. The predicted molar refractivity (Wildman–Crippen MR) is 161 cm³/mol. The fourth-order valence-corrected chi connectivity index (χ4v) is 6.20. The molecule has 1 aliphatic heterocycles. The van der Waals surface area contributed by atoms with Crippen molar-refractivity contribution in [2.75, 3.05) is 17.2 Å². The first-order chi connectivity index (χ1) is 19.1. The Morgan fingerprint density at radius 3 is 2.48 bits per heavy atom. The largest absolute Gasteiger partial charge is 0.350 e. The van der Waals surface area contributed by atoms with E-state index in [0.29, 0.717) is 12.4 Å². The highest BCUT2D eigenvalue weighted by Crippen LogP contribution is 2.48. The molecule has 7 nitrogen and oxygen atoms in total. The summed E-state index contributed by atoms with van der Waals surface area (Å²) in [5, 5.41) is 8.02. The molecular formula is C32H35N5O2S. The van der Waals surface area contributed by atoms with Gasteiger partial charge in [0.15, 0.2) is 0 Å². The minimum atomic E-state index is -0.302. The van der Waals surface area contributed by atoms with Crippen molar-refractivity contribution in [1.82, 2.24) is 20.1 Å². The van der Waals surface area contributed by atoms with E-state index < -0.39 is 0 Å². The Balaban J connectivity index is 1.66. The van der Waals surface area contributed by atoms with Gasteiger partial charge < -0.3 is 5.32 Å². The second-order valence-electron chi connectivity index (χ2n) is 11.3. The Hall–Kier alpha value is -3.91. The van der Waals surface area contributed by atoms with Crippen molar-refractivity contribution < 1.29 is 9.59 Å². The van der Waals surface area contributed by atoms with Crippen molar-refractivity contribution in [1.29, 1.82) is 0 Å². The van der Waals surface area contributed by atoms with Gasteiger partial charge in [-0.15, -0.1) is 11.8 Å². The van der Waals surface area contributed by atoms with Crippen LogP contribution in [0.4, 0.5) is 5.82 Å². The minimum Gasteiger partial charge on any atom is -0.350 e. The number of rotatable bonds is 6. The molecule has 1 aliphatic rings. The summed E-state index contributed by atoms with van der Waals surface area (Å²) in [5.41, 5.74) is 6.72. The summed E-state index contributed by atoms with van der Waals surface area (Å²) in [6, 6.07) is 20.3. The van der Waals surface area contributed by atoms with Gasteiger partial charge in [0.2, 0.25) is 11.8 Å². The zero-order valence-electron chi connectivity index (χ0n) is 23.6. The van der Waals surface area contributed by atoms with Crippen LogP contribution < -0.4 is 10.2 Å². The van der Waals surface area contributed by atoms with Gasteiger partial charge in [-0.3, -0.25) is 19.5 Å². The Kier molecular flexibility index (Phi) is 7.81. The number of anilines is 1. The second-order valence-corrected chi connectivity index (χ2v) is 12.4. The van der Waals surface area contributed by atoms with Crippen LogP contribution in [0.5, 0.6) is 0 Å². The molecule has 0 saturated carbocycles. The third-order valence-electron chi connectivity index (χ3n) is 6.90. The molecule has 0 bridgehead atoms. The lowest BCUT2D eigenvalue weighted by Gasteiger charge is -2.24. The van der Waals surface area contributed by atoms with E-state index in [1.807, 2.05) is 41.9 Å². The number of carbonyl (C=O) groups excluding carboxylic acids is 2. The maximum absolute atomic E-state index is 13.8. The van der Waals surface area contributed by atoms with Crippen LogP contribution in [0, 0.1) is 13.8 Å². The van der Waals surface area contributed by atoms with E-state index in [2.05, 4.69) is 68.3 Å². The summed E-state index contributed by atoms with van der Waals surface area (Å²) >= 11 is 1.60. The van der Waals surface area contributed by atoms with Crippen molar-refractivity contribution in [3.63, 3.8) is 0 Å². The molecule has 40 heavy (non-hydrogen) atoms. The van der Waals surface area contributed by atoms with Crippen LogP contribution in [-0.2, 0) is 21.5 Å². The van der Waals surface area contributed by atoms with E-state index in [1.165, 1.54) is 0 Å². The van der Waals surface area contributed by atoms with Crippen LogP contribution in [0.15, 0.2) is 73.1 Å². The molecule has 8 heteroatoms. The number of amides is 2. The third kappa shape index (κ3) is 5.82. The Morgan fingerprint density at radius 1 is 1.05 bits per heavy atom. The van der Waals surface area contributed by atoms with Crippen LogP contribution in [0.25, 0.3) is 5.69 Å². The minimum absolute atomic E-state index is 0.103. The zero-order chi connectivity index (χ0) is 28.4. The maximum atomic E-state index is 13.8. The van der Waals surface area contributed by atoms with Gasteiger partial charge in [0.25, 0.3) is 0 Å². The highest BCUT2D eigenvalue weighted by Gasteiger charge is 2.40. The van der Waals surface area contributed by atoms with Gasteiger partial charge >= 0.3 is 0 Å². The summed E-state index contributed by atoms with van der Waals surface area (Å²) in [6.45, 7) is 10.8. The van der Waals surface area contributed by atoms with Gasteiger partial charge in [-0.1, -0.05) is 68.8 Å². The van der Waals surface area contributed by atoms with Gasteiger partial charge in [-0.2, -0.15) is 5.10 Å². The number of benzene rings is 2. The number of nitrogens with zero attached hydrogens (tertiary/aromatic N) is 4. The van der Waals surface area contributed by atoms with E-state index in [9.17, 15) is 9.59 Å². The standard InChI is InChI=1S/C32H35N5O2S/c1-21-9-6-12-24(15-21)29-28-30(32(3,4)5)35-37(25-13-7-10-22(2)16-25)31(28)36(27(39)20-40-29)19-26(38)34-18-23-11-8-14-33-17-23/h6-17,29H,18-20H2,1-5H3,(H,34,38). The number of thioether (sulfide) groups is 1. The number of aromatic nitrogens is 3. The summed E-state index contributed by atoms with van der Waals surface area (Å²) in [5.74, 6) is 0.554. The van der Waals surface area contributed by atoms with Gasteiger partial charge in [0, 0.05) is 29.9 Å². The molecule has 1 unspecified atom stereocenters. The summed E-state index contributed by atoms with van der Waals surface area (Å²) in [7, 11) is 0. The van der Waals surface area contributed by atoms with Gasteiger partial charge in [0.1, 0.15) is 12.4 Å². The van der Waals surface area contributed by atoms with Crippen molar-refractivity contribution >= 4 is 29.4 Å².